The summed E-state index contributed by atoms with van der Waals surface area (Å²) in [7, 11) is 0. The summed E-state index contributed by atoms with van der Waals surface area (Å²) in [6, 6.07) is 3.75. The predicted octanol–water partition coefficient (Wildman–Crippen LogP) is 2.60. The van der Waals surface area contributed by atoms with Crippen LogP contribution in [0.5, 0.6) is 0 Å². The fourth-order valence-corrected chi connectivity index (χ4v) is 2.42. The average Bonchev–Trinajstić information content (AvgIpc) is 2.66. The van der Waals surface area contributed by atoms with Crippen LogP contribution in [0.15, 0.2) is 24.5 Å². The van der Waals surface area contributed by atoms with Crippen molar-refractivity contribution in [1.82, 2.24) is 9.38 Å². The van der Waals surface area contributed by atoms with Gasteiger partial charge in [0.25, 0.3) is 0 Å². The summed E-state index contributed by atoms with van der Waals surface area (Å²) in [6.45, 7) is 0.258. The van der Waals surface area contributed by atoms with Crippen LogP contribution in [0.2, 0.25) is 5.02 Å². The summed E-state index contributed by atoms with van der Waals surface area (Å²) in [5.74, 6) is 1.84. The molecule has 16 heavy (non-hydrogen) atoms. The third-order valence-corrected chi connectivity index (χ3v) is 3.46. The number of nitrogens with zero attached hydrogens (tertiary/aromatic N) is 2. The molecule has 0 aliphatic carbocycles. The van der Waals surface area contributed by atoms with E-state index < -0.39 is 0 Å². The maximum Gasteiger partial charge on any atom is 0.137 e. The molecule has 0 aliphatic rings. The van der Waals surface area contributed by atoms with Gasteiger partial charge in [-0.05, 0) is 24.3 Å². The van der Waals surface area contributed by atoms with Gasteiger partial charge in [-0.25, -0.2) is 4.98 Å². The Bertz CT molecular complexity index is 472. The molecule has 0 unspecified atom stereocenters. The molecule has 5 heteroatoms. The molecule has 0 fully saturated rings. The van der Waals surface area contributed by atoms with Crippen LogP contribution in [0.4, 0.5) is 0 Å². The van der Waals surface area contributed by atoms with Gasteiger partial charge in [-0.1, -0.05) is 11.6 Å². The van der Waals surface area contributed by atoms with Crippen molar-refractivity contribution in [1.29, 1.82) is 0 Å². The van der Waals surface area contributed by atoms with Crippen molar-refractivity contribution in [3.8, 4) is 0 Å². The minimum atomic E-state index is 0.258. The Hall–Kier alpha value is -0.710. The number of hydrogen-bond donors (Lipinski definition) is 1. The summed E-state index contributed by atoms with van der Waals surface area (Å²) >= 11 is 7.67. The van der Waals surface area contributed by atoms with E-state index in [0.717, 1.165) is 29.3 Å². The molecule has 2 aromatic rings. The lowest BCUT2D eigenvalue weighted by atomic mass is 10.5. The first kappa shape index (κ1) is 11.8. The SMILES string of the molecule is OCCCSCc1cn2cc(Cl)ccc2n1. The van der Waals surface area contributed by atoms with Gasteiger partial charge in [0.05, 0.1) is 10.7 Å². The quantitative estimate of drug-likeness (QED) is 0.836. The number of hydrogen-bond acceptors (Lipinski definition) is 3. The molecule has 1 N–H and O–H groups in total. The van der Waals surface area contributed by atoms with E-state index in [4.69, 9.17) is 16.7 Å². The zero-order valence-electron chi connectivity index (χ0n) is 8.77. The first-order valence-electron chi connectivity index (χ1n) is 5.11. The molecule has 0 atom stereocenters. The summed E-state index contributed by atoms with van der Waals surface area (Å²) in [5, 5.41) is 9.37. The number of pyridine rings is 1. The topological polar surface area (TPSA) is 37.5 Å². The van der Waals surface area contributed by atoms with Gasteiger partial charge in [-0.2, -0.15) is 11.8 Å². The van der Waals surface area contributed by atoms with E-state index in [1.54, 1.807) is 11.8 Å². The van der Waals surface area contributed by atoms with E-state index in [1.807, 2.05) is 28.9 Å². The van der Waals surface area contributed by atoms with Gasteiger partial charge in [0.2, 0.25) is 0 Å². The van der Waals surface area contributed by atoms with E-state index >= 15 is 0 Å². The molecule has 2 rings (SSSR count). The second-order valence-corrected chi connectivity index (χ2v) is 5.02. The number of fused-ring (bicyclic) bond motifs is 1. The summed E-state index contributed by atoms with van der Waals surface area (Å²) in [6.07, 6.45) is 4.68. The van der Waals surface area contributed by atoms with Crippen LogP contribution >= 0.6 is 23.4 Å². The van der Waals surface area contributed by atoms with Crippen molar-refractivity contribution in [2.24, 2.45) is 0 Å². The maximum absolute atomic E-state index is 8.66. The smallest absolute Gasteiger partial charge is 0.137 e. The van der Waals surface area contributed by atoms with Crippen LogP contribution in [0.3, 0.4) is 0 Å². The lowest BCUT2D eigenvalue weighted by molar-refractivity contribution is 0.296. The Balaban J connectivity index is 2.02. The van der Waals surface area contributed by atoms with Gasteiger partial charge in [-0.3, -0.25) is 0 Å². The Morgan fingerprint density at radius 3 is 3.06 bits per heavy atom. The standard InChI is InChI=1S/C11H13ClN2OS/c12-9-2-3-11-13-10(7-14(11)6-9)8-16-5-1-4-15/h2-3,6-7,15H,1,4-5,8H2. The summed E-state index contributed by atoms with van der Waals surface area (Å²) in [4.78, 5) is 4.47. The summed E-state index contributed by atoms with van der Waals surface area (Å²) < 4.78 is 1.93. The van der Waals surface area contributed by atoms with Gasteiger partial charge in [0.1, 0.15) is 5.65 Å². The molecular weight excluding hydrogens is 244 g/mol. The van der Waals surface area contributed by atoms with Gasteiger partial charge >= 0.3 is 0 Å². The maximum atomic E-state index is 8.66. The zero-order chi connectivity index (χ0) is 11.4. The lowest BCUT2D eigenvalue weighted by Gasteiger charge is -1.95. The minimum Gasteiger partial charge on any atom is -0.396 e. The molecule has 2 heterocycles. The highest BCUT2D eigenvalue weighted by Gasteiger charge is 2.01. The third-order valence-electron chi connectivity index (χ3n) is 2.16. The molecule has 0 saturated carbocycles. The number of imidazole rings is 1. The lowest BCUT2D eigenvalue weighted by Crippen LogP contribution is -1.87. The molecule has 0 spiro atoms. The predicted molar refractivity (Wildman–Crippen MR) is 68.1 cm³/mol. The molecule has 3 nitrogen and oxygen atoms in total. The zero-order valence-corrected chi connectivity index (χ0v) is 10.3. The van der Waals surface area contributed by atoms with Gasteiger partial charge in [0, 0.05) is 24.8 Å². The van der Waals surface area contributed by atoms with Crippen molar-refractivity contribution in [2.45, 2.75) is 12.2 Å². The van der Waals surface area contributed by atoms with E-state index in [9.17, 15) is 0 Å². The molecule has 0 amide bonds. The highest BCUT2D eigenvalue weighted by Crippen LogP contribution is 2.15. The molecule has 0 aliphatic heterocycles. The van der Waals surface area contributed by atoms with Crippen LogP contribution in [0, 0.1) is 0 Å². The summed E-state index contributed by atoms with van der Waals surface area (Å²) in [5.41, 5.74) is 1.97. The van der Waals surface area contributed by atoms with E-state index in [2.05, 4.69) is 4.98 Å². The Morgan fingerprint density at radius 2 is 2.25 bits per heavy atom. The Morgan fingerprint density at radius 1 is 1.38 bits per heavy atom. The number of thioether (sulfide) groups is 1. The van der Waals surface area contributed by atoms with Gasteiger partial charge in [-0.15, -0.1) is 0 Å². The van der Waals surface area contributed by atoms with E-state index in [0.29, 0.717) is 5.02 Å². The van der Waals surface area contributed by atoms with Crippen molar-refractivity contribution in [3.63, 3.8) is 0 Å². The molecule has 2 aromatic heterocycles. The Kier molecular flexibility index (Phi) is 4.09. The molecule has 86 valence electrons. The Labute approximate surface area is 103 Å². The van der Waals surface area contributed by atoms with Crippen molar-refractivity contribution < 1.29 is 5.11 Å². The van der Waals surface area contributed by atoms with Gasteiger partial charge < -0.3 is 9.51 Å². The van der Waals surface area contributed by atoms with E-state index in [1.165, 1.54) is 0 Å². The number of aromatic nitrogens is 2. The van der Waals surface area contributed by atoms with Crippen molar-refractivity contribution in [2.75, 3.05) is 12.4 Å². The largest absolute Gasteiger partial charge is 0.396 e. The molecule has 0 bridgehead atoms. The highest BCUT2D eigenvalue weighted by molar-refractivity contribution is 7.98. The first-order chi connectivity index (χ1) is 7.79. The number of aliphatic hydroxyl groups is 1. The fourth-order valence-electron chi connectivity index (χ4n) is 1.43. The second-order valence-electron chi connectivity index (χ2n) is 3.47. The molecular formula is C11H13ClN2OS. The van der Waals surface area contributed by atoms with Crippen LogP contribution in [0.25, 0.3) is 5.65 Å². The van der Waals surface area contributed by atoms with Crippen LogP contribution in [-0.4, -0.2) is 26.9 Å². The van der Waals surface area contributed by atoms with Crippen LogP contribution in [0.1, 0.15) is 12.1 Å². The number of halogens is 1. The van der Waals surface area contributed by atoms with Crippen LogP contribution in [-0.2, 0) is 5.75 Å². The van der Waals surface area contributed by atoms with Crippen molar-refractivity contribution in [3.05, 3.63) is 35.2 Å². The number of aliphatic hydroxyl groups excluding tert-OH is 1. The third kappa shape index (κ3) is 2.90. The minimum absolute atomic E-state index is 0.258. The van der Waals surface area contributed by atoms with Gasteiger partial charge in [0.15, 0.2) is 0 Å². The average molecular weight is 257 g/mol. The molecule has 0 saturated heterocycles. The number of rotatable bonds is 5. The highest BCUT2D eigenvalue weighted by atomic mass is 35.5. The molecule has 0 radical (unpaired) electrons. The monoisotopic (exact) mass is 256 g/mol. The van der Waals surface area contributed by atoms with Crippen molar-refractivity contribution >= 4 is 29.0 Å². The van der Waals surface area contributed by atoms with Crippen LogP contribution < -0.4 is 0 Å². The first-order valence-corrected chi connectivity index (χ1v) is 6.64. The fraction of sp³-hybridized carbons (Fsp3) is 0.364. The van der Waals surface area contributed by atoms with E-state index in [-0.39, 0.29) is 6.61 Å². The second kappa shape index (κ2) is 5.57. The normalized spacial score (nSPS) is 11.1. The molecule has 0 aromatic carbocycles.